The third-order valence-corrected chi connectivity index (χ3v) is 2.93. The molecule has 0 aliphatic heterocycles. The molecule has 0 atom stereocenters. The number of hydrogen-bond acceptors (Lipinski definition) is 3. The van der Waals surface area contributed by atoms with Gasteiger partial charge in [0.1, 0.15) is 5.75 Å². The Bertz CT molecular complexity index is 444. The van der Waals surface area contributed by atoms with Gasteiger partial charge < -0.3 is 15.8 Å². The molecule has 1 aromatic carbocycles. The molecule has 1 rings (SSSR count). The van der Waals surface area contributed by atoms with E-state index in [-0.39, 0.29) is 5.91 Å². The smallest absolute Gasteiger partial charge is 0.251 e. The van der Waals surface area contributed by atoms with Crippen LogP contribution in [0.15, 0.2) is 30.9 Å². The monoisotopic (exact) mass is 276 g/mol. The number of nitrogens with two attached hydrogens (primary N) is 1. The molecule has 4 heteroatoms. The van der Waals surface area contributed by atoms with Crippen LogP contribution in [0.25, 0.3) is 0 Å². The van der Waals surface area contributed by atoms with E-state index in [1.807, 2.05) is 0 Å². The second kappa shape index (κ2) is 9.02. The highest BCUT2D eigenvalue weighted by molar-refractivity contribution is 5.95. The van der Waals surface area contributed by atoms with E-state index in [0.717, 1.165) is 6.42 Å². The number of rotatable bonds is 9. The van der Waals surface area contributed by atoms with Crippen LogP contribution in [0.5, 0.6) is 5.75 Å². The van der Waals surface area contributed by atoms with Crippen molar-refractivity contribution in [3.05, 3.63) is 36.4 Å². The number of amides is 1. The summed E-state index contributed by atoms with van der Waals surface area (Å²) in [5.74, 6) is 0.480. The normalized spacial score (nSPS) is 10.1. The first-order chi connectivity index (χ1) is 9.69. The molecule has 0 saturated carbocycles. The van der Waals surface area contributed by atoms with Crippen molar-refractivity contribution in [3.8, 4) is 5.75 Å². The van der Waals surface area contributed by atoms with E-state index in [2.05, 4.69) is 18.8 Å². The van der Waals surface area contributed by atoms with E-state index in [4.69, 9.17) is 10.5 Å². The third-order valence-electron chi connectivity index (χ3n) is 2.93. The number of anilines is 1. The predicted molar refractivity (Wildman–Crippen MR) is 83.0 cm³/mol. The molecule has 0 bridgehead atoms. The summed E-state index contributed by atoms with van der Waals surface area (Å²) in [6, 6.07) is 5.11. The minimum atomic E-state index is -0.161. The molecule has 3 N–H and O–H groups in total. The van der Waals surface area contributed by atoms with Crippen molar-refractivity contribution in [3.63, 3.8) is 0 Å². The third kappa shape index (κ3) is 5.34. The molecule has 110 valence electrons. The van der Waals surface area contributed by atoms with Gasteiger partial charge in [0.15, 0.2) is 0 Å². The first-order valence-corrected chi connectivity index (χ1v) is 7.10. The number of benzene rings is 1. The Morgan fingerprint density at radius 2 is 2.20 bits per heavy atom. The molecular formula is C16H24N2O2. The summed E-state index contributed by atoms with van der Waals surface area (Å²) in [6.07, 6.45) is 6.25. The Kier molecular flexibility index (Phi) is 7.25. The first kappa shape index (κ1) is 16.1. The van der Waals surface area contributed by atoms with Crippen LogP contribution in [0.3, 0.4) is 0 Å². The Morgan fingerprint density at radius 3 is 2.85 bits per heavy atom. The van der Waals surface area contributed by atoms with Gasteiger partial charge in [0.2, 0.25) is 0 Å². The fraction of sp³-hybridized carbons (Fsp3) is 0.438. The summed E-state index contributed by atoms with van der Waals surface area (Å²) in [5.41, 5.74) is 6.93. The lowest BCUT2D eigenvalue weighted by atomic mass is 10.1. The van der Waals surface area contributed by atoms with Crippen LogP contribution < -0.4 is 15.8 Å². The lowest BCUT2D eigenvalue weighted by Gasteiger charge is -2.10. The Hall–Kier alpha value is -1.97. The predicted octanol–water partition coefficient (Wildman–Crippen LogP) is 3.14. The SMILES string of the molecule is C=CCNC(=O)c1ccc(OCCCCCC)c(N)c1. The number of nitrogens with one attached hydrogen (secondary N) is 1. The van der Waals surface area contributed by atoms with Crippen LogP contribution in [0.2, 0.25) is 0 Å². The summed E-state index contributed by atoms with van der Waals surface area (Å²) in [7, 11) is 0. The van der Waals surface area contributed by atoms with E-state index in [1.54, 1.807) is 24.3 Å². The molecule has 4 nitrogen and oxygen atoms in total. The van der Waals surface area contributed by atoms with Crippen LogP contribution in [-0.4, -0.2) is 19.1 Å². The molecule has 0 radical (unpaired) electrons. The summed E-state index contributed by atoms with van der Waals surface area (Å²) in [4.78, 5) is 11.7. The van der Waals surface area contributed by atoms with E-state index < -0.39 is 0 Å². The van der Waals surface area contributed by atoms with E-state index in [0.29, 0.717) is 30.2 Å². The fourth-order valence-corrected chi connectivity index (χ4v) is 1.80. The Labute approximate surface area is 121 Å². The highest BCUT2D eigenvalue weighted by Gasteiger charge is 2.07. The van der Waals surface area contributed by atoms with Crippen molar-refractivity contribution < 1.29 is 9.53 Å². The number of hydrogen-bond donors (Lipinski definition) is 2. The number of nitrogen functional groups attached to an aromatic ring is 1. The maximum atomic E-state index is 11.7. The van der Waals surface area contributed by atoms with Gasteiger partial charge in [-0.25, -0.2) is 0 Å². The average molecular weight is 276 g/mol. The molecule has 0 aliphatic carbocycles. The highest BCUT2D eigenvalue weighted by Crippen LogP contribution is 2.22. The molecule has 0 heterocycles. The quantitative estimate of drug-likeness (QED) is 0.414. The molecule has 20 heavy (non-hydrogen) atoms. The zero-order chi connectivity index (χ0) is 14.8. The van der Waals surface area contributed by atoms with E-state index in [9.17, 15) is 4.79 Å². The van der Waals surface area contributed by atoms with Gasteiger partial charge in [-0.15, -0.1) is 6.58 Å². The molecule has 0 fully saturated rings. The van der Waals surface area contributed by atoms with E-state index in [1.165, 1.54) is 19.3 Å². The molecular weight excluding hydrogens is 252 g/mol. The molecule has 0 aromatic heterocycles. The van der Waals surface area contributed by atoms with Gasteiger partial charge in [0, 0.05) is 12.1 Å². The van der Waals surface area contributed by atoms with Gasteiger partial charge in [-0.3, -0.25) is 4.79 Å². The number of unbranched alkanes of at least 4 members (excludes halogenated alkanes) is 3. The highest BCUT2D eigenvalue weighted by atomic mass is 16.5. The van der Waals surface area contributed by atoms with Gasteiger partial charge in [0.25, 0.3) is 5.91 Å². The van der Waals surface area contributed by atoms with Crippen molar-refractivity contribution in [2.75, 3.05) is 18.9 Å². The summed E-state index contributed by atoms with van der Waals surface area (Å²) < 4.78 is 5.63. The number of ether oxygens (including phenoxy) is 1. The number of carbonyl (C=O) groups excluding carboxylic acids is 1. The second-order valence-electron chi connectivity index (χ2n) is 4.66. The van der Waals surface area contributed by atoms with Crippen LogP contribution >= 0.6 is 0 Å². The van der Waals surface area contributed by atoms with Crippen LogP contribution in [-0.2, 0) is 0 Å². The summed E-state index contributed by atoms with van der Waals surface area (Å²) >= 11 is 0. The molecule has 1 aromatic rings. The topological polar surface area (TPSA) is 64.3 Å². The molecule has 0 spiro atoms. The molecule has 0 saturated heterocycles. The van der Waals surface area contributed by atoms with Gasteiger partial charge in [-0.2, -0.15) is 0 Å². The van der Waals surface area contributed by atoms with Crippen molar-refractivity contribution in [1.29, 1.82) is 0 Å². The summed E-state index contributed by atoms with van der Waals surface area (Å²) in [5, 5.41) is 2.71. The maximum Gasteiger partial charge on any atom is 0.251 e. The van der Waals surface area contributed by atoms with Crippen LogP contribution in [0.4, 0.5) is 5.69 Å². The Morgan fingerprint density at radius 1 is 1.40 bits per heavy atom. The van der Waals surface area contributed by atoms with Gasteiger partial charge >= 0.3 is 0 Å². The summed E-state index contributed by atoms with van der Waals surface area (Å²) in [6.45, 7) is 6.83. The van der Waals surface area contributed by atoms with Crippen LogP contribution in [0.1, 0.15) is 43.0 Å². The average Bonchev–Trinajstić information content (AvgIpc) is 2.46. The van der Waals surface area contributed by atoms with Gasteiger partial charge in [0.05, 0.1) is 12.3 Å². The van der Waals surface area contributed by atoms with Crippen molar-refractivity contribution in [2.45, 2.75) is 32.6 Å². The molecule has 0 aliphatic rings. The molecule has 1 amide bonds. The maximum absolute atomic E-state index is 11.7. The van der Waals surface area contributed by atoms with Crippen molar-refractivity contribution in [2.24, 2.45) is 0 Å². The zero-order valence-electron chi connectivity index (χ0n) is 12.2. The van der Waals surface area contributed by atoms with Gasteiger partial charge in [-0.05, 0) is 24.6 Å². The lowest BCUT2D eigenvalue weighted by Crippen LogP contribution is -2.23. The zero-order valence-corrected chi connectivity index (χ0v) is 12.2. The first-order valence-electron chi connectivity index (χ1n) is 7.10. The fourth-order valence-electron chi connectivity index (χ4n) is 1.80. The minimum Gasteiger partial charge on any atom is -0.491 e. The lowest BCUT2D eigenvalue weighted by molar-refractivity contribution is 0.0958. The molecule has 0 unspecified atom stereocenters. The standard InChI is InChI=1S/C16H24N2O2/c1-3-5-6-7-11-20-15-9-8-13(12-14(15)17)16(19)18-10-4-2/h4,8-9,12H,2-3,5-7,10-11,17H2,1H3,(H,18,19). The minimum absolute atomic E-state index is 0.161. The largest absolute Gasteiger partial charge is 0.491 e. The second-order valence-corrected chi connectivity index (χ2v) is 4.66. The van der Waals surface area contributed by atoms with Crippen molar-refractivity contribution in [1.82, 2.24) is 5.32 Å². The van der Waals surface area contributed by atoms with Crippen molar-refractivity contribution >= 4 is 11.6 Å². The van der Waals surface area contributed by atoms with Crippen LogP contribution in [0, 0.1) is 0 Å². The number of carbonyl (C=O) groups is 1. The van der Waals surface area contributed by atoms with E-state index >= 15 is 0 Å². The van der Waals surface area contributed by atoms with Gasteiger partial charge in [-0.1, -0.05) is 32.3 Å². The Balaban J connectivity index is 2.50.